The maximum absolute atomic E-state index is 13.4. The molecule has 3 rings (SSSR count). The van der Waals surface area contributed by atoms with Gasteiger partial charge in [-0.25, -0.2) is 8.78 Å². The van der Waals surface area contributed by atoms with Crippen molar-refractivity contribution in [1.29, 1.82) is 0 Å². The molecule has 0 aliphatic carbocycles. The number of rotatable bonds is 3. The minimum absolute atomic E-state index is 0.115. The third kappa shape index (κ3) is 2.38. The maximum atomic E-state index is 13.4. The van der Waals surface area contributed by atoms with Gasteiger partial charge in [0.25, 0.3) is 0 Å². The normalized spacial score (nSPS) is 16.9. The SMILES string of the molecule is Fc1cccc(CC2(c3cccc(F)c3)CNC2)c1. The van der Waals surface area contributed by atoms with E-state index in [9.17, 15) is 8.78 Å². The molecule has 1 nitrogen and oxygen atoms in total. The second kappa shape index (κ2) is 4.74. The second-order valence-electron chi connectivity index (χ2n) is 5.20. The summed E-state index contributed by atoms with van der Waals surface area (Å²) in [5, 5.41) is 3.24. The third-order valence-corrected chi connectivity index (χ3v) is 3.80. The van der Waals surface area contributed by atoms with Crippen LogP contribution in [0.2, 0.25) is 0 Å². The van der Waals surface area contributed by atoms with Gasteiger partial charge in [-0.05, 0) is 41.8 Å². The van der Waals surface area contributed by atoms with Gasteiger partial charge >= 0.3 is 0 Å². The lowest BCUT2D eigenvalue weighted by Crippen LogP contribution is -2.58. The van der Waals surface area contributed by atoms with E-state index in [1.54, 1.807) is 24.3 Å². The molecule has 0 unspecified atom stereocenters. The molecule has 0 spiro atoms. The lowest BCUT2D eigenvalue weighted by molar-refractivity contribution is 0.273. The molecule has 0 amide bonds. The van der Waals surface area contributed by atoms with Gasteiger partial charge < -0.3 is 5.32 Å². The smallest absolute Gasteiger partial charge is 0.123 e. The van der Waals surface area contributed by atoms with Crippen molar-refractivity contribution in [1.82, 2.24) is 5.32 Å². The lowest BCUT2D eigenvalue weighted by Gasteiger charge is -2.43. The molecule has 1 saturated heterocycles. The molecule has 1 aliphatic rings. The average molecular weight is 259 g/mol. The van der Waals surface area contributed by atoms with E-state index in [0.29, 0.717) is 0 Å². The summed E-state index contributed by atoms with van der Waals surface area (Å²) in [5.74, 6) is -0.442. The van der Waals surface area contributed by atoms with Crippen molar-refractivity contribution in [2.45, 2.75) is 11.8 Å². The zero-order valence-corrected chi connectivity index (χ0v) is 10.5. The summed E-state index contributed by atoms with van der Waals surface area (Å²) in [6.45, 7) is 1.60. The van der Waals surface area contributed by atoms with Crippen molar-refractivity contribution in [2.75, 3.05) is 13.1 Å². The second-order valence-corrected chi connectivity index (χ2v) is 5.20. The fourth-order valence-electron chi connectivity index (χ4n) is 2.71. The standard InChI is InChI=1S/C16H15F2N/c17-14-5-1-3-12(7-14)9-16(10-19-11-16)13-4-2-6-15(18)8-13/h1-8,19H,9-11H2. The van der Waals surface area contributed by atoms with Crippen LogP contribution in [0.4, 0.5) is 8.78 Å². The van der Waals surface area contributed by atoms with Gasteiger partial charge in [0.1, 0.15) is 11.6 Å². The summed E-state index contributed by atoms with van der Waals surface area (Å²) in [6.07, 6.45) is 0.723. The predicted molar refractivity (Wildman–Crippen MR) is 71.1 cm³/mol. The number of halogens is 2. The van der Waals surface area contributed by atoms with Gasteiger partial charge in [-0.2, -0.15) is 0 Å². The van der Waals surface area contributed by atoms with Crippen LogP contribution < -0.4 is 5.32 Å². The van der Waals surface area contributed by atoms with Gasteiger partial charge in [0.05, 0.1) is 0 Å². The average Bonchev–Trinajstić information content (AvgIpc) is 2.34. The number of hydrogen-bond acceptors (Lipinski definition) is 1. The van der Waals surface area contributed by atoms with Crippen LogP contribution in [0.3, 0.4) is 0 Å². The summed E-state index contributed by atoms with van der Waals surface area (Å²) in [7, 11) is 0. The Labute approximate surface area is 111 Å². The van der Waals surface area contributed by atoms with Crippen LogP contribution in [-0.2, 0) is 11.8 Å². The molecule has 0 atom stereocenters. The summed E-state index contributed by atoms with van der Waals surface area (Å²) >= 11 is 0. The fourth-order valence-corrected chi connectivity index (χ4v) is 2.71. The molecule has 98 valence electrons. The number of benzene rings is 2. The molecule has 1 N–H and O–H groups in total. The topological polar surface area (TPSA) is 12.0 Å². The van der Waals surface area contributed by atoms with Crippen LogP contribution in [0, 0.1) is 11.6 Å². The Bertz CT molecular complexity index is 591. The molecule has 0 saturated carbocycles. The largest absolute Gasteiger partial charge is 0.315 e. The zero-order valence-electron chi connectivity index (χ0n) is 10.5. The minimum atomic E-state index is -0.223. The van der Waals surface area contributed by atoms with Gasteiger partial charge in [-0.3, -0.25) is 0 Å². The molecule has 2 aromatic rings. The highest BCUT2D eigenvalue weighted by Gasteiger charge is 2.38. The van der Waals surface area contributed by atoms with E-state index >= 15 is 0 Å². The van der Waals surface area contributed by atoms with Crippen molar-refractivity contribution in [2.24, 2.45) is 0 Å². The van der Waals surface area contributed by atoms with E-state index in [0.717, 1.165) is 30.6 Å². The van der Waals surface area contributed by atoms with E-state index in [1.807, 2.05) is 12.1 Å². The first kappa shape index (κ1) is 12.3. The Hall–Kier alpha value is -1.74. The molecule has 3 heteroatoms. The van der Waals surface area contributed by atoms with Crippen LogP contribution in [0.1, 0.15) is 11.1 Å². The molecule has 1 aliphatic heterocycles. The van der Waals surface area contributed by atoms with Gasteiger partial charge in [-0.1, -0.05) is 24.3 Å². The molecule has 0 radical (unpaired) electrons. The summed E-state index contributed by atoms with van der Waals surface area (Å²) in [4.78, 5) is 0. The molecule has 1 fully saturated rings. The van der Waals surface area contributed by atoms with E-state index < -0.39 is 0 Å². The molecule has 0 aromatic heterocycles. The number of hydrogen-bond donors (Lipinski definition) is 1. The van der Waals surface area contributed by atoms with Gasteiger partial charge in [0.2, 0.25) is 0 Å². The Balaban J connectivity index is 1.91. The Morgan fingerprint density at radius 2 is 1.63 bits per heavy atom. The highest BCUT2D eigenvalue weighted by atomic mass is 19.1. The van der Waals surface area contributed by atoms with Gasteiger partial charge in [-0.15, -0.1) is 0 Å². The van der Waals surface area contributed by atoms with Crippen LogP contribution in [-0.4, -0.2) is 13.1 Å². The molecule has 1 heterocycles. The molecule has 19 heavy (non-hydrogen) atoms. The van der Waals surface area contributed by atoms with Gasteiger partial charge in [0, 0.05) is 18.5 Å². The van der Waals surface area contributed by atoms with Crippen molar-refractivity contribution < 1.29 is 8.78 Å². The van der Waals surface area contributed by atoms with E-state index in [-0.39, 0.29) is 17.0 Å². The monoisotopic (exact) mass is 259 g/mol. The zero-order chi connectivity index (χ0) is 13.3. The first-order valence-corrected chi connectivity index (χ1v) is 6.39. The molecular formula is C16H15F2N. The van der Waals surface area contributed by atoms with E-state index in [1.165, 1.54) is 12.1 Å². The van der Waals surface area contributed by atoms with Crippen molar-refractivity contribution in [3.05, 3.63) is 71.3 Å². The lowest BCUT2D eigenvalue weighted by atomic mass is 9.71. The number of nitrogens with one attached hydrogen (secondary N) is 1. The highest BCUT2D eigenvalue weighted by Crippen LogP contribution is 2.33. The first-order chi connectivity index (χ1) is 9.18. The first-order valence-electron chi connectivity index (χ1n) is 6.39. The highest BCUT2D eigenvalue weighted by molar-refractivity contribution is 5.34. The molecule has 2 aromatic carbocycles. The quantitative estimate of drug-likeness (QED) is 0.893. The van der Waals surface area contributed by atoms with Gasteiger partial charge in [0.15, 0.2) is 0 Å². The van der Waals surface area contributed by atoms with Crippen LogP contribution >= 0.6 is 0 Å². The summed E-state index contributed by atoms with van der Waals surface area (Å²) in [5.41, 5.74) is 1.82. The summed E-state index contributed by atoms with van der Waals surface area (Å²) in [6, 6.07) is 13.3. The Morgan fingerprint density at radius 1 is 0.947 bits per heavy atom. The van der Waals surface area contributed by atoms with Crippen LogP contribution in [0.25, 0.3) is 0 Å². The summed E-state index contributed by atoms with van der Waals surface area (Å²) < 4.78 is 26.6. The van der Waals surface area contributed by atoms with Crippen LogP contribution in [0.5, 0.6) is 0 Å². The Morgan fingerprint density at radius 3 is 2.21 bits per heavy atom. The maximum Gasteiger partial charge on any atom is 0.123 e. The van der Waals surface area contributed by atoms with Crippen molar-refractivity contribution in [3.63, 3.8) is 0 Å². The Kier molecular flexibility index (Phi) is 3.07. The third-order valence-electron chi connectivity index (χ3n) is 3.80. The van der Waals surface area contributed by atoms with Crippen molar-refractivity contribution in [3.8, 4) is 0 Å². The van der Waals surface area contributed by atoms with Crippen molar-refractivity contribution >= 4 is 0 Å². The predicted octanol–water partition coefficient (Wildman–Crippen LogP) is 3.05. The van der Waals surface area contributed by atoms with Crippen LogP contribution in [0.15, 0.2) is 48.5 Å². The molecule has 0 bridgehead atoms. The van der Waals surface area contributed by atoms with E-state index in [2.05, 4.69) is 5.32 Å². The molecular weight excluding hydrogens is 244 g/mol. The fraction of sp³-hybridized carbons (Fsp3) is 0.250. The van der Waals surface area contributed by atoms with E-state index in [4.69, 9.17) is 0 Å². The minimum Gasteiger partial charge on any atom is -0.315 e.